The SMILES string of the molecule is C[C@@H](Oc1ccc(Br)cc1Cl)c1nnc(-c2ccc(F)cc2)o1. The second kappa shape index (κ2) is 6.68. The Hall–Kier alpha value is -1.92. The molecule has 3 rings (SSSR count). The Morgan fingerprint density at radius 1 is 1.17 bits per heavy atom. The molecule has 2 aromatic carbocycles. The van der Waals surface area contributed by atoms with Crippen LogP contribution >= 0.6 is 27.5 Å². The lowest BCUT2D eigenvalue weighted by Crippen LogP contribution is -2.03. The van der Waals surface area contributed by atoms with E-state index in [2.05, 4.69) is 26.1 Å². The van der Waals surface area contributed by atoms with Gasteiger partial charge < -0.3 is 9.15 Å². The van der Waals surface area contributed by atoms with E-state index in [0.717, 1.165) is 4.47 Å². The fourth-order valence-corrected chi connectivity index (χ4v) is 2.64. The molecule has 7 heteroatoms. The van der Waals surface area contributed by atoms with Crippen LogP contribution in [-0.4, -0.2) is 10.2 Å². The van der Waals surface area contributed by atoms with Crippen LogP contribution in [0, 0.1) is 5.82 Å². The summed E-state index contributed by atoms with van der Waals surface area (Å²) in [6.45, 7) is 1.78. The van der Waals surface area contributed by atoms with Gasteiger partial charge in [0.15, 0.2) is 6.10 Å². The molecule has 0 amide bonds. The van der Waals surface area contributed by atoms with Crippen molar-refractivity contribution in [1.82, 2.24) is 10.2 Å². The van der Waals surface area contributed by atoms with Crippen LogP contribution in [-0.2, 0) is 0 Å². The maximum Gasteiger partial charge on any atom is 0.257 e. The number of aromatic nitrogens is 2. The van der Waals surface area contributed by atoms with Crippen molar-refractivity contribution in [2.75, 3.05) is 0 Å². The molecule has 0 saturated heterocycles. The van der Waals surface area contributed by atoms with Crippen LogP contribution in [0.3, 0.4) is 0 Å². The highest BCUT2D eigenvalue weighted by Crippen LogP contribution is 2.31. The molecule has 118 valence electrons. The maximum atomic E-state index is 12.9. The summed E-state index contributed by atoms with van der Waals surface area (Å²) in [5.74, 6) is 0.805. The monoisotopic (exact) mass is 396 g/mol. The van der Waals surface area contributed by atoms with E-state index in [0.29, 0.717) is 28.1 Å². The second-order valence-electron chi connectivity index (χ2n) is 4.79. The molecule has 23 heavy (non-hydrogen) atoms. The van der Waals surface area contributed by atoms with E-state index < -0.39 is 6.10 Å². The summed E-state index contributed by atoms with van der Waals surface area (Å²) in [6, 6.07) is 11.1. The van der Waals surface area contributed by atoms with E-state index >= 15 is 0 Å². The summed E-state index contributed by atoms with van der Waals surface area (Å²) in [6.07, 6.45) is -0.477. The lowest BCUT2D eigenvalue weighted by molar-refractivity contribution is 0.190. The Kier molecular flexibility index (Phi) is 4.63. The Morgan fingerprint density at radius 3 is 2.61 bits per heavy atom. The first-order valence-electron chi connectivity index (χ1n) is 6.74. The number of ether oxygens (including phenoxy) is 1. The summed E-state index contributed by atoms with van der Waals surface area (Å²) < 4.78 is 25.1. The number of benzene rings is 2. The Bertz CT molecular complexity index is 823. The molecule has 0 aliphatic carbocycles. The van der Waals surface area contributed by atoms with Gasteiger partial charge in [-0.2, -0.15) is 0 Å². The normalized spacial score (nSPS) is 12.2. The predicted octanol–water partition coefficient (Wildman–Crippen LogP) is 5.43. The minimum atomic E-state index is -0.477. The molecule has 0 aliphatic heterocycles. The van der Waals surface area contributed by atoms with Crippen LogP contribution in [0.2, 0.25) is 5.02 Å². The smallest absolute Gasteiger partial charge is 0.257 e. The predicted molar refractivity (Wildman–Crippen MR) is 87.9 cm³/mol. The molecule has 0 N–H and O–H groups in total. The van der Waals surface area contributed by atoms with E-state index in [1.165, 1.54) is 12.1 Å². The van der Waals surface area contributed by atoms with Gasteiger partial charge in [-0.25, -0.2) is 4.39 Å². The summed E-state index contributed by atoms with van der Waals surface area (Å²) in [5, 5.41) is 8.40. The Balaban J connectivity index is 1.78. The third-order valence-corrected chi connectivity index (χ3v) is 3.87. The first-order valence-corrected chi connectivity index (χ1v) is 7.91. The van der Waals surface area contributed by atoms with Crippen molar-refractivity contribution < 1.29 is 13.5 Å². The summed E-state index contributed by atoms with van der Waals surface area (Å²) >= 11 is 9.45. The van der Waals surface area contributed by atoms with Crippen molar-refractivity contribution in [3.63, 3.8) is 0 Å². The summed E-state index contributed by atoms with van der Waals surface area (Å²) in [4.78, 5) is 0. The minimum Gasteiger partial charge on any atom is -0.479 e. The minimum absolute atomic E-state index is 0.303. The van der Waals surface area contributed by atoms with E-state index in [-0.39, 0.29) is 5.82 Å². The lowest BCUT2D eigenvalue weighted by atomic mass is 10.2. The lowest BCUT2D eigenvalue weighted by Gasteiger charge is -2.12. The molecule has 0 radical (unpaired) electrons. The zero-order chi connectivity index (χ0) is 16.4. The first kappa shape index (κ1) is 16.0. The number of nitrogens with zero attached hydrogens (tertiary/aromatic N) is 2. The summed E-state index contributed by atoms with van der Waals surface area (Å²) in [7, 11) is 0. The number of rotatable bonds is 4. The summed E-state index contributed by atoms with van der Waals surface area (Å²) in [5.41, 5.74) is 0.638. The highest BCUT2D eigenvalue weighted by atomic mass is 79.9. The zero-order valence-electron chi connectivity index (χ0n) is 12.0. The standard InChI is InChI=1S/C16H11BrClFN2O2/c1-9(22-14-7-4-11(17)8-13(14)18)15-20-21-16(23-15)10-2-5-12(19)6-3-10/h2-9H,1H3/t9-/m1/s1. The van der Waals surface area contributed by atoms with Crippen LogP contribution in [0.15, 0.2) is 51.4 Å². The van der Waals surface area contributed by atoms with E-state index in [1.54, 1.807) is 31.2 Å². The molecule has 0 unspecified atom stereocenters. The van der Waals surface area contributed by atoms with Gasteiger partial charge in [0.25, 0.3) is 5.89 Å². The highest BCUT2D eigenvalue weighted by Gasteiger charge is 2.18. The molecule has 0 saturated carbocycles. The molecule has 3 aromatic rings. The van der Waals surface area contributed by atoms with Gasteiger partial charge in [-0.1, -0.05) is 27.5 Å². The first-order chi connectivity index (χ1) is 11.0. The van der Waals surface area contributed by atoms with Crippen LogP contribution in [0.5, 0.6) is 5.75 Å². The van der Waals surface area contributed by atoms with Crippen molar-refractivity contribution in [1.29, 1.82) is 0 Å². The Morgan fingerprint density at radius 2 is 1.91 bits per heavy atom. The van der Waals surface area contributed by atoms with E-state index in [4.69, 9.17) is 20.8 Å². The molecule has 1 atom stereocenters. The van der Waals surface area contributed by atoms with Crippen molar-refractivity contribution in [3.8, 4) is 17.2 Å². The topological polar surface area (TPSA) is 48.2 Å². The molecular formula is C16H11BrClFN2O2. The third kappa shape index (κ3) is 3.71. The second-order valence-corrected chi connectivity index (χ2v) is 6.11. The van der Waals surface area contributed by atoms with E-state index in [1.807, 2.05) is 6.07 Å². The van der Waals surface area contributed by atoms with Crippen molar-refractivity contribution in [2.45, 2.75) is 13.0 Å². The van der Waals surface area contributed by atoms with E-state index in [9.17, 15) is 4.39 Å². The van der Waals surface area contributed by atoms with Gasteiger partial charge in [0.1, 0.15) is 11.6 Å². The van der Waals surface area contributed by atoms with Crippen LogP contribution in [0.1, 0.15) is 18.9 Å². The van der Waals surface area contributed by atoms with Gasteiger partial charge in [0.2, 0.25) is 5.89 Å². The number of hydrogen-bond acceptors (Lipinski definition) is 4. The number of hydrogen-bond donors (Lipinski definition) is 0. The molecule has 0 aliphatic rings. The molecule has 0 fully saturated rings. The fraction of sp³-hybridized carbons (Fsp3) is 0.125. The molecule has 0 bridgehead atoms. The van der Waals surface area contributed by atoms with Gasteiger partial charge >= 0.3 is 0 Å². The van der Waals surface area contributed by atoms with Crippen LogP contribution in [0.25, 0.3) is 11.5 Å². The van der Waals surface area contributed by atoms with Crippen molar-refractivity contribution >= 4 is 27.5 Å². The maximum absolute atomic E-state index is 12.9. The van der Waals surface area contributed by atoms with Crippen molar-refractivity contribution in [3.05, 3.63) is 63.7 Å². The van der Waals surface area contributed by atoms with Gasteiger partial charge in [0.05, 0.1) is 5.02 Å². The van der Waals surface area contributed by atoms with Gasteiger partial charge in [-0.3, -0.25) is 0 Å². The average molecular weight is 398 g/mol. The highest BCUT2D eigenvalue weighted by molar-refractivity contribution is 9.10. The molecule has 1 aromatic heterocycles. The quantitative estimate of drug-likeness (QED) is 0.589. The fourth-order valence-electron chi connectivity index (χ4n) is 1.92. The molecule has 4 nitrogen and oxygen atoms in total. The number of halogens is 3. The molecule has 1 heterocycles. The third-order valence-electron chi connectivity index (χ3n) is 3.08. The van der Waals surface area contributed by atoms with Gasteiger partial charge in [-0.05, 0) is 49.4 Å². The molecule has 0 spiro atoms. The molecular weight excluding hydrogens is 387 g/mol. The largest absolute Gasteiger partial charge is 0.479 e. The van der Waals surface area contributed by atoms with Crippen molar-refractivity contribution in [2.24, 2.45) is 0 Å². The van der Waals surface area contributed by atoms with Crippen LogP contribution < -0.4 is 4.74 Å². The van der Waals surface area contributed by atoms with Gasteiger partial charge in [0, 0.05) is 10.0 Å². The Labute approximate surface area is 145 Å². The zero-order valence-corrected chi connectivity index (χ0v) is 14.3. The van der Waals surface area contributed by atoms with Crippen LogP contribution in [0.4, 0.5) is 4.39 Å². The average Bonchev–Trinajstić information content (AvgIpc) is 3.01. The van der Waals surface area contributed by atoms with Gasteiger partial charge in [-0.15, -0.1) is 10.2 Å².